The second-order valence-corrected chi connectivity index (χ2v) is 9.21. The van der Waals surface area contributed by atoms with Crippen molar-refractivity contribution < 1.29 is 4.42 Å². The Morgan fingerprint density at radius 2 is 2.03 bits per heavy atom. The van der Waals surface area contributed by atoms with Crippen LogP contribution in [0.25, 0.3) is 31.9 Å². The van der Waals surface area contributed by atoms with Crippen molar-refractivity contribution in [1.29, 1.82) is 0 Å². The van der Waals surface area contributed by atoms with E-state index in [4.69, 9.17) is 19.4 Å². The number of aromatic nitrogens is 4. The van der Waals surface area contributed by atoms with Crippen LogP contribution in [0.3, 0.4) is 0 Å². The zero-order chi connectivity index (χ0) is 20.8. The Labute approximate surface area is 187 Å². The Hall–Kier alpha value is -2.97. The molecule has 0 atom stereocenters. The quantitative estimate of drug-likeness (QED) is 0.274. The highest BCUT2D eigenvalue weighted by Gasteiger charge is 2.26. The summed E-state index contributed by atoms with van der Waals surface area (Å²) >= 11 is 3.21. The predicted octanol–water partition coefficient (Wildman–Crippen LogP) is 5.72. The molecule has 6 nitrogen and oxygen atoms in total. The molecule has 0 spiro atoms. The van der Waals surface area contributed by atoms with Gasteiger partial charge in [0.15, 0.2) is 10.9 Å². The molecule has 0 saturated heterocycles. The molecule has 8 heteroatoms. The van der Waals surface area contributed by atoms with Gasteiger partial charge in [-0.05, 0) is 60.9 Å². The van der Waals surface area contributed by atoms with E-state index >= 15 is 0 Å². The average molecular weight is 446 g/mol. The van der Waals surface area contributed by atoms with Crippen LogP contribution in [-0.4, -0.2) is 26.2 Å². The van der Waals surface area contributed by atoms with Crippen molar-refractivity contribution in [3.8, 4) is 11.5 Å². The molecule has 0 bridgehead atoms. The van der Waals surface area contributed by atoms with Crippen LogP contribution in [0.2, 0.25) is 0 Å². The second-order valence-electron chi connectivity index (χ2n) is 7.44. The third kappa shape index (κ3) is 3.18. The molecule has 0 unspecified atom stereocenters. The first-order chi connectivity index (χ1) is 15.3. The molecule has 5 aromatic rings. The van der Waals surface area contributed by atoms with Gasteiger partial charge in [0.25, 0.3) is 0 Å². The number of hydrogen-bond acceptors (Lipinski definition) is 8. The van der Waals surface area contributed by atoms with E-state index in [-0.39, 0.29) is 0 Å². The van der Waals surface area contributed by atoms with Gasteiger partial charge in [0.2, 0.25) is 0 Å². The van der Waals surface area contributed by atoms with Gasteiger partial charge in [0.1, 0.15) is 16.3 Å². The fourth-order valence-corrected chi connectivity index (χ4v) is 5.73. The molecule has 5 aromatic heterocycles. The van der Waals surface area contributed by atoms with Crippen molar-refractivity contribution >= 4 is 49.3 Å². The van der Waals surface area contributed by atoms with Crippen molar-refractivity contribution in [3.63, 3.8) is 0 Å². The molecule has 1 N–H and O–H groups in total. The second kappa shape index (κ2) is 7.62. The molecule has 0 saturated carbocycles. The summed E-state index contributed by atoms with van der Waals surface area (Å²) in [6.45, 7) is 0.609. The number of thiophene rings is 1. The number of rotatable bonds is 5. The van der Waals surface area contributed by atoms with Crippen LogP contribution in [0.1, 0.15) is 23.2 Å². The summed E-state index contributed by atoms with van der Waals surface area (Å²) in [5, 5.41) is 5.43. The van der Waals surface area contributed by atoms with Crippen molar-refractivity contribution in [3.05, 3.63) is 59.6 Å². The molecule has 0 radical (unpaired) electrons. The number of pyridine rings is 2. The Morgan fingerprint density at radius 1 is 1.10 bits per heavy atom. The van der Waals surface area contributed by atoms with E-state index in [1.54, 1.807) is 29.4 Å². The lowest BCUT2D eigenvalue weighted by molar-refractivity contribution is 0.579. The highest BCUT2D eigenvalue weighted by molar-refractivity contribution is 7.98. The van der Waals surface area contributed by atoms with Gasteiger partial charge in [-0.3, -0.25) is 4.98 Å². The average Bonchev–Trinajstić information content (AvgIpc) is 3.56. The monoisotopic (exact) mass is 445 g/mol. The molecule has 0 aromatic carbocycles. The molecule has 0 fully saturated rings. The molecule has 154 valence electrons. The van der Waals surface area contributed by atoms with E-state index in [9.17, 15) is 0 Å². The van der Waals surface area contributed by atoms with Gasteiger partial charge in [-0.2, -0.15) is 0 Å². The first-order valence-electron chi connectivity index (χ1n) is 10.2. The van der Waals surface area contributed by atoms with Gasteiger partial charge < -0.3 is 9.73 Å². The number of furan rings is 1. The summed E-state index contributed by atoms with van der Waals surface area (Å²) in [7, 11) is 0. The van der Waals surface area contributed by atoms with E-state index in [1.165, 1.54) is 16.5 Å². The summed E-state index contributed by atoms with van der Waals surface area (Å²) in [6.07, 6.45) is 8.73. The first-order valence-corrected chi connectivity index (χ1v) is 12.2. The standard InChI is InChI=1S/C23H19N5OS2/c1-30-23-27-19-17-14-7-4-8-15(14)18(16-9-5-11-29-16)26-22(17)31-20(19)21(28-23)25-12-13-6-2-3-10-24-13/h2-3,5-6,9-11H,4,7-8,12H2,1H3,(H,25,27,28). The van der Waals surface area contributed by atoms with E-state index in [0.717, 1.165) is 62.4 Å². The zero-order valence-electron chi connectivity index (χ0n) is 16.9. The largest absolute Gasteiger partial charge is 0.463 e. The van der Waals surface area contributed by atoms with Crippen LogP contribution in [0.15, 0.2) is 52.4 Å². The minimum Gasteiger partial charge on any atom is -0.463 e. The topological polar surface area (TPSA) is 76.7 Å². The van der Waals surface area contributed by atoms with E-state index in [2.05, 4.69) is 10.3 Å². The Kier molecular flexibility index (Phi) is 4.61. The maximum Gasteiger partial charge on any atom is 0.189 e. The fraction of sp³-hybridized carbons (Fsp3) is 0.217. The molecule has 0 aliphatic heterocycles. The SMILES string of the molecule is CSc1nc(NCc2ccccn2)c2sc3nc(-c4ccco4)c4c(c3c2n1)CCC4. The highest BCUT2D eigenvalue weighted by Crippen LogP contribution is 2.44. The van der Waals surface area contributed by atoms with E-state index in [1.807, 2.05) is 42.8 Å². The lowest BCUT2D eigenvalue weighted by Gasteiger charge is -2.08. The number of thioether (sulfide) groups is 1. The van der Waals surface area contributed by atoms with Crippen LogP contribution >= 0.6 is 23.1 Å². The number of aryl methyl sites for hydroxylation is 1. The number of nitrogens with one attached hydrogen (secondary N) is 1. The maximum absolute atomic E-state index is 5.71. The fourth-order valence-electron chi connectivity index (χ4n) is 4.25. The highest BCUT2D eigenvalue weighted by atomic mass is 32.2. The third-order valence-corrected chi connectivity index (χ3v) is 7.24. The van der Waals surface area contributed by atoms with Gasteiger partial charge in [-0.25, -0.2) is 15.0 Å². The number of fused-ring (bicyclic) bond motifs is 5. The van der Waals surface area contributed by atoms with E-state index in [0.29, 0.717) is 6.54 Å². The summed E-state index contributed by atoms with van der Waals surface area (Å²) in [5.74, 6) is 1.68. The van der Waals surface area contributed by atoms with Gasteiger partial charge in [-0.1, -0.05) is 17.8 Å². The van der Waals surface area contributed by atoms with Crippen LogP contribution in [-0.2, 0) is 19.4 Å². The maximum atomic E-state index is 5.71. The van der Waals surface area contributed by atoms with Crippen LogP contribution in [0, 0.1) is 0 Å². The van der Waals surface area contributed by atoms with Crippen molar-refractivity contribution in [2.45, 2.75) is 31.0 Å². The minimum atomic E-state index is 0.609. The Bertz CT molecular complexity index is 1400. The Balaban J connectivity index is 1.55. The minimum absolute atomic E-state index is 0.609. The molecule has 1 aliphatic rings. The lowest BCUT2D eigenvalue weighted by Crippen LogP contribution is -2.04. The summed E-state index contributed by atoms with van der Waals surface area (Å²) in [6, 6.07) is 9.84. The van der Waals surface area contributed by atoms with Crippen molar-refractivity contribution in [2.24, 2.45) is 0 Å². The molecule has 5 heterocycles. The van der Waals surface area contributed by atoms with Crippen LogP contribution in [0.4, 0.5) is 5.82 Å². The van der Waals surface area contributed by atoms with Gasteiger partial charge in [-0.15, -0.1) is 11.3 Å². The van der Waals surface area contributed by atoms with Crippen molar-refractivity contribution in [2.75, 3.05) is 11.6 Å². The molecule has 0 amide bonds. The van der Waals surface area contributed by atoms with Gasteiger partial charge >= 0.3 is 0 Å². The first kappa shape index (κ1) is 18.8. The predicted molar refractivity (Wildman–Crippen MR) is 126 cm³/mol. The summed E-state index contributed by atoms with van der Waals surface area (Å²) in [5.41, 5.74) is 5.61. The number of hydrogen-bond donors (Lipinski definition) is 1. The van der Waals surface area contributed by atoms with E-state index < -0.39 is 0 Å². The van der Waals surface area contributed by atoms with Gasteiger partial charge in [0, 0.05) is 11.6 Å². The van der Waals surface area contributed by atoms with Crippen LogP contribution < -0.4 is 5.32 Å². The molecule has 6 rings (SSSR count). The molecular formula is C23H19N5OS2. The summed E-state index contributed by atoms with van der Waals surface area (Å²) in [4.78, 5) is 20.1. The Morgan fingerprint density at radius 3 is 2.84 bits per heavy atom. The van der Waals surface area contributed by atoms with Gasteiger partial charge in [0.05, 0.1) is 28.7 Å². The number of nitrogens with zero attached hydrogens (tertiary/aromatic N) is 4. The normalized spacial score (nSPS) is 13.2. The van der Waals surface area contributed by atoms with Crippen LogP contribution in [0.5, 0.6) is 0 Å². The lowest BCUT2D eigenvalue weighted by atomic mass is 10.0. The third-order valence-electron chi connectivity index (χ3n) is 5.61. The molecular weight excluding hydrogens is 426 g/mol. The zero-order valence-corrected chi connectivity index (χ0v) is 18.5. The molecule has 31 heavy (non-hydrogen) atoms. The smallest absolute Gasteiger partial charge is 0.189 e. The summed E-state index contributed by atoms with van der Waals surface area (Å²) < 4.78 is 6.75. The number of anilines is 1. The van der Waals surface area contributed by atoms with Crippen molar-refractivity contribution in [1.82, 2.24) is 19.9 Å². The molecule has 1 aliphatic carbocycles.